The predicted octanol–water partition coefficient (Wildman–Crippen LogP) is 3.95. The van der Waals surface area contributed by atoms with E-state index in [9.17, 15) is 4.79 Å². The second-order valence-corrected chi connectivity index (χ2v) is 5.78. The van der Waals surface area contributed by atoms with Gasteiger partial charge in [0.05, 0.1) is 18.2 Å². The van der Waals surface area contributed by atoms with E-state index in [-0.39, 0.29) is 12.1 Å². The Hall–Kier alpha value is -1.26. The van der Waals surface area contributed by atoms with Crippen LogP contribution in [0.3, 0.4) is 0 Å². The van der Waals surface area contributed by atoms with Gasteiger partial charge >= 0.3 is 6.03 Å². The van der Waals surface area contributed by atoms with Crippen LogP contribution >= 0.6 is 11.6 Å². The monoisotopic (exact) mass is 298 g/mol. The van der Waals surface area contributed by atoms with Crippen LogP contribution in [-0.2, 0) is 10.4 Å². The lowest BCUT2D eigenvalue weighted by atomic mass is 9.94. The summed E-state index contributed by atoms with van der Waals surface area (Å²) in [5.74, 6) is 0. The highest BCUT2D eigenvalue weighted by atomic mass is 35.5. The topological polar surface area (TPSA) is 41.6 Å². The van der Waals surface area contributed by atoms with Gasteiger partial charge in [0.1, 0.15) is 0 Å². The molecule has 1 rings (SSSR count). The molecule has 0 saturated heterocycles. The van der Waals surface area contributed by atoms with Gasteiger partial charge in [-0.15, -0.1) is 0 Å². The Morgan fingerprint density at radius 2 is 2.00 bits per heavy atom. The minimum atomic E-state index is -0.584. The summed E-state index contributed by atoms with van der Waals surface area (Å²) >= 11 is 6.20. The zero-order valence-corrected chi connectivity index (χ0v) is 13.5. The van der Waals surface area contributed by atoms with E-state index in [2.05, 4.69) is 5.32 Å². The SMILES string of the molecule is CCON(C(=O)NC(C)(C)c1ccccc1Cl)C(C)C. The minimum Gasteiger partial charge on any atom is -0.327 e. The maximum Gasteiger partial charge on any atom is 0.342 e. The third-order valence-electron chi connectivity index (χ3n) is 2.90. The van der Waals surface area contributed by atoms with Crippen molar-refractivity contribution in [3.63, 3.8) is 0 Å². The number of rotatable bonds is 5. The van der Waals surface area contributed by atoms with Crippen LogP contribution in [0.15, 0.2) is 24.3 Å². The number of carbonyl (C=O) groups is 1. The molecule has 2 amide bonds. The minimum absolute atomic E-state index is 0.0444. The first-order valence-corrected chi connectivity index (χ1v) is 7.16. The van der Waals surface area contributed by atoms with Gasteiger partial charge in [0.2, 0.25) is 0 Å². The number of urea groups is 1. The molecule has 0 radical (unpaired) electrons. The summed E-state index contributed by atoms with van der Waals surface area (Å²) in [4.78, 5) is 17.7. The molecule has 1 N–H and O–H groups in total. The molecule has 4 nitrogen and oxygen atoms in total. The van der Waals surface area contributed by atoms with Crippen molar-refractivity contribution in [2.75, 3.05) is 6.61 Å². The first-order valence-electron chi connectivity index (χ1n) is 6.79. The smallest absolute Gasteiger partial charge is 0.327 e. The van der Waals surface area contributed by atoms with Crippen LogP contribution in [0.25, 0.3) is 0 Å². The molecule has 0 bridgehead atoms. The van der Waals surface area contributed by atoms with Gasteiger partial charge in [-0.2, -0.15) is 0 Å². The Labute approximate surface area is 126 Å². The van der Waals surface area contributed by atoms with E-state index in [1.807, 2.05) is 58.9 Å². The first-order chi connectivity index (χ1) is 9.29. The normalized spacial score (nSPS) is 11.6. The first kappa shape index (κ1) is 16.8. The zero-order valence-electron chi connectivity index (χ0n) is 12.7. The molecule has 0 unspecified atom stereocenters. The Bertz CT molecular complexity index is 461. The lowest BCUT2D eigenvalue weighted by Gasteiger charge is -2.32. The fourth-order valence-corrected chi connectivity index (χ4v) is 2.31. The molecule has 1 aromatic carbocycles. The average Bonchev–Trinajstić information content (AvgIpc) is 2.35. The molecule has 0 aliphatic heterocycles. The second kappa shape index (κ2) is 6.95. The Morgan fingerprint density at radius 3 is 2.50 bits per heavy atom. The fraction of sp³-hybridized carbons (Fsp3) is 0.533. The number of nitrogens with one attached hydrogen (secondary N) is 1. The van der Waals surface area contributed by atoms with Gasteiger partial charge in [0.15, 0.2) is 0 Å². The lowest BCUT2D eigenvalue weighted by molar-refractivity contribution is -0.133. The van der Waals surface area contributed by atoms with Crippen molar-refractivity contribution in [3.05, 3.63) is 34.9 Å². The number of nitrogens with zero attached hydrogens (tertiary/aromatic N) is 1. The van der Waals surface area contributed by atoms with Crippen LogP contribution in [0.2, 0.25) is 5.02 Å². The number of hydroxylamine groups is 2. The van der Waals surface area contributed by atoms with E-state index in [1.165, 1.54) is 5.06 Å². The summed E-state index contributed by atoms with van der Waals surface area (Å²) in [5.41, 5.74) is 0.287. The van der Waals surface area contributed by atoms with Crippen LogP contribution in [0.5, 0.6) is 0 Å². The molecule has 0 aliphatic rings. The molecule has 0 saturated carbocycles. The van der Waals surface area contributed by atoms with Gasteiger partial charge in [-0.3, -0.25) is 4.84 Å². The molecule has 0 spiro atoms. The van der Waals surface area contributed by atoms with Gasteiger partial charge < -0.3 is 5.32 Å². The summed E-state index contributed by atoms with van der Waals surface area (Å²) in [6.45, 7) is 9.92. The van der Waals surface area contributed by atoms with Crippen molar-refractivity contribution in [1.29, 1.82) is 0 Å². The largest absolute Gasteiger partial charge is 0.342 e. The number of carbonyl (C=O) groups excluding carboxylic acids is 1. The number of amides is 2. The van der Waals surface area contributed by atoms with Crippen molar-refractivity contribution < 1.29 is 9.63 Å². The van der Waals surface area contributed by atoms with Gasteiger partial charge in [0, 0.05) is 5.02 Å². The van der Waals surface area contributed by atoms with Crippen LogP contribution in [0.1, 0.15) is 40.2 Å². The molecule has 20 heavy (non-hydrogen) atoms. The molecule has 0 atom stereocenters. The van der Waals surface area contributed by atoms with E-state index in [4.69, 9.17) is 16.4 Å². The van der Waals surface area contributed by atoms with Crippen molar-refractivity contribution in [2.45, 2.75) is 46.2 Å². The summed E-state index contributed by atoms with van der Waals surface area (Å²) in [7, 11) is 0. The molecule has 5 heteroatoms. The van der Waals surface area contributed by atoms with Crippen LogP contribution in [-0.4, -0.2) is 23.7 Å². The van der Waals surface area contributed by atoms with E-state index >= 15 is 0 Å². The number of benzene rings is 1. The van der Waals surface area contributed by atoms with Gasteiger partial charge in [-0.25, -0.2) is 9.86 Å². The van der Waals surface area contributed by atoms with Crippen LogP contribution < -0.4 is 5.32 Å². The number of hydrogen-bond donors (Lipinski definition) is 1. The third-order valence-corrected chi connectivity index (χ3v) is 3.23. The highest BCUT2D eigenvalue weighted by Crippen LogP contribution is 2.27. The molecular weight excluding hydrogens is 276 g/mol. The average molecular weight is 299 g/mol. The Balaban J connectivity index is 2.90. The Kier molecular flexibility index (Phi) is 5.84. The molecule has 0 aliphatic carbocycles. The standard InChI is InChI=1S/C15H23ClN2O2/c1-6-20-18(11(2)3)14(19)17-15(4,5)12-9-7-8-10-13(12)16/h7-11H,6H2,1-5H3,(H,17,19). The van der Waals surface area contributed by atoms with E-state index in [0.29, 0.717) is 11.6 Å². The van der Waals surface area contributed by atoms with E-state index in [0.717, 1.165) is 5.56 Å². The second-order valence-electron chi connectivity index (χ2n) is 5.37. The Morgan fingerprint density at radius 1 is 1.40 bits per heavy atom. The van der Waals surface area contributed by atoms with Gasteiger partial charge in [-0.1, -0.05) is 29.8 Å². The van der Waals surface area contributed by atoms with Crippen molar-refractivity contribution in [1.82, 2.24) is 10.4 Å². The van der Waals surface area contributed by atoms with Crippen molar-refractivity contribution in [2.24, 2.45) is 0 Å². The molecule has 0 aromatic heterocycles. The lowest BCUT2D eigenvalue weighted by Crippen LogP contribution is -2.50. The molecule has 0 heterocycles. The van der Waals surface area contributed by atoms with Gasteiger partial charge in [0.25, 0.3) is 0 Å². The summed E-state index contributed by atoms with van der Waals surface area (Å²) in [6.07, 6.45) is 0. The van der Waals surface area contributed by atoms with Crippen molar-refractivity contribution >= 4 is 17.6 Å². The molecule has 1 aromatic rings. The predicted molar refractivity (Wildman–Crippen MR) is 81.6 cm³/mol. The molecule has 112 valence electrons. The summed E-state index contributed by atoms with van der Waals surface area (Å²) < 4.78 is 0. The summed E-state index contributed by atoms with van der Waals surface area (Å²) in [6, 6.07) is 7.17. The zero-order chi connectivity index (χ0) is 15.3. The maximum absolute atomic E-state index is 12.3. The highest BCUT2D eigenvalue weighted by Gasteiger charge is 2.28. The maximum atomic E-state index is 12.3. The molecular formula is C15H23ClN2O2. The van der Waals surface area contributed by atoms with Crippen LogP contribution in [0, 0.1) is 0 Å². The third kappa shape index (κ3) is 4.12. The highest BCUT2D eigenvalue weighted by molar-refractivity contribution is 6.31. The van der Waals surface area contributed by atoms with E-state index < -0.39 is 5.54 Å². The van der Waals surface area contributed by atoms with E-state index in [1.54, 1.807) is 0 Å². The number of hydrogen-bond acceptors (Lipinski definition) is 2. The van der Waals surface area contributed by atoms with Crippen LogP contribution in [0.4, 0.5) is 4.79 Å². The summed E-state index contributed by atoms with van der Waals surface area (Å²) in [5, 5.41) is 4.93. The van der Waals surface area contributed by atoms with Crippen molar-refractivity contribution in [3.8, 4) is 0 Å². The quantitative estimate of drug-likeness (QED) is 0.836. The number of halogens is 1. The van der Waals surface area contributed by atoms with Gasteiger partial charge in [-0.05, 0) is 46.2 Å². The molecule has 0 fully saturated rings. The fourth-order valence-electron chi connectivity index (χ4n) is 1.94.